The monoisotopic (exact) mass is 444 g/mol. The van der Waals surface area contributed by atoms with Gasteiger partial charge in [0.05, 0.1) is 25.0 Å². The number of carbonyl (C=O) groups excluding carboxylic acids is 2. The van der Waals surface area contributed by atoms with Crippen molar-refractivity contribution < 1.29 is 24.2 Å². The predicted octanol–water partition coefficient (Wildman–Crippen LogP) is 4.42. The summed E-state index contributed by atoms with van der Waals surface area (Å²) < 4.78 is 10.9. The number of amides is 1. The third kappa shape index (κ3) is 4.05. The summed E-state index contributed by atoms with van der Waals surface area (Å²) in [7, 11) is 1.56. The second-order valence-corrected chi connectivity index (χ2v) is 7.54. The smallest absolute Gasteiger partial charge is 0.300 e. The number of methoxy groups -OCH3 is 1. The number of ether oxygens (including phenoxy) is 2. The molecular weight excluding hydrogens is 420 g/mol. The van der Waals surface area contributed by atoms with Crippen molar-refractivity contribution in [3.8, 4) is 11.5 Å². The summed E-state index contributed by atoms with van der Waals surface area (Å²) in [6.45, 7) is 4.16. The van der Waals surface area contributed by atoms with Crippen molar-refractivity contribution in [2.24, 2.45) is 0 Å². The molecule has 168 valence electrons. The molecule has 1 amide bonds. The van der Waals surface area contributed by atoms with E-state index in [0.717, 1.165) is 5.56 Å². The minimum absolute atomic E-state index is 0.0231. The van der Waals surface area contributed by atoms with Crippen LogP contribution in [0.3, 0.4) is 0 Å². The summed E-state index contributed by atoms with van der Waals surface area (Å²) >= 11 is 0. The van der Waals surface area contributed by atoms with Crippen LogP contribution in [-0.2, 0) is 9.59 Å². The molecule has 2 aromatic carbocycles. The number of rotatable bonds is 6. The Morgan fingerprint density at radius 1 is 1.09 bits per heavy atom. The lowest BCUT2D eigenvalue weighted by Gasteiger charge is -2.25. The van der Waals surface area contributed by atoms with Crippen molar-refractivity contribution >= 4 is 23.1 Å². The number of anilines is 1. The van der Waals surface area contributed by atoms with Crippen LogP contribution in [0.4, 0.5) is 5.69 Å². The van der Waals surface area contributed by atoms with Crippen LogP contribution in [-0.4, -0.2) is 35.5 Å². The summed E-state index contributed by atoms with van der Waals surface area (Å²) in [6, 6.07) is 16.4. The molecule has 0 aliphatic carbocycles. The van der Waals surface area contributed by atoms with Crippen molar-refractivity contribution in [3.63, 3.8) is 0 Å². The van der Waals surface area contributed by atoms with Crippen LogP contribution in [0.2, 0.25) is 0 Å². The third-order valence-electron chi connectivity index (χ3n) is 5.49. The average Bonchev–Trinajstić information content (AvgIpc) is 3.10. The van der Waals surface area contributed by atoms with E-state index in [0.29, 0.717) is 35.1 Å². The fourth-order valence-corrected chi connectivity index (χ4v) is 3.99. The molecule has 1 fully saturated rings. The maximum Gasteiger partial charge on any atom is 0.300 e. The lowest BCUT2D eigenvalue weighted by molar-refractivity contribution is -0.132. The van der Waals surface area contributed by atoms with Crippen LogP contribution in [0.25, 0.3) is 5.76 Å². The Morgan fingerprint density at radius 2 is 1.91 bits per heavy atom. The van der Waals surface area contributed by atoms with E-state index in [1.165, 1.54) is 4.90 Å². The quantitative estimate of drug-likeness (QED) is 0.344. The normalized spacial score (nSPS) is 17.3. The highest BCUT2D eigenvalue weighted by Crippen LogP contribution is 2.42. The predicted molar refractivity (Wildman–Crippen MR) is 124 cm³/mol. The second-order valence-electron chi connectivity index (χ2n) is 7.54. The first-order valence-electron chi connectivity index (χ1n) is 10.6. The number of Topliss-reactive ketones (excluding diaryl/α,β-unsaturated/α-hetero) is 1. The van der Waals surface area contributed by atoms with Crippen LogP contribution in [0.1, 0.15) is 29.8 Å². The molecule has 0 saturated carbocycles. The van der Waals surface area contributed by atoms with Crippen molar-refractivity contribution in [3.05, 3.63) is 89.3 Å². The van der Waals surface area contributed by atoms with Crippen molar-refractivity contribution in [1.29, 1.82) is 0 Å². The van der Waals surface area contributed by atoms with Gasteiger partial charge < -0.3 is 14.6 Å². The van der Waals surface area contributed by atoms with E-state index in [4.69, 9.17) is 9.47 Å². The molecule has 4 rings (SSSR count). The molecule has 3 aromatic rings. The van der Waals surface area contributed by atoms with E-state index < -0.39 is 17.7 Å². The van der Waals surface area contributed by atoms with E-state index in [-0.39, 0.29) is 11.3 Å². The second kappa shape index (κ2) is 9.16. The van der Waals surface area contributed by atoms with E-state index in [1.54, 1.807) is 74.0 Å². The number of aliphatic hydroxyl groups excluding tert-OH is 1. The van der Waals surface area contributed by atoms with Gasteiger partial charge >= 0.3 is 0 Å². The molecule has 0 spiro atoms. The molecule has 1 aliphatic heterocycles. The maximum absolute atomic E-state index is 13.2. The van der Waals surface area contributed by atoms with Crippen LogP contribution >= 0.6 is 0 Å². The van der Waals surface area contributed by atoms with Crippen LogP contribution < -0.4 is 14.4 Å². The number of hydrogen-bond donors (Lipinski definition) is 1. The first kappa shape index (κ1) is 22.1. The Balaban J connectivity index is 1.91. The molecule has 2 heterocycles. The molecule has 1 unspecified atom stereocenters. The number of carbonyl (C=O) groups is 2. The first-order valence-corrected chi connectivity index (χ1v) is 10.6. The van der Waals surface area contributed by atoms with Crippen molar-refractivity contribution in [1.82, 2.24) is 4.98 Å². The molecule has 1 atom stereocenters. The maximum atomic E-state index is 13.2. The molecule has 1 aromatic heterocycles. The van der Waals surface area contributed by atoms with Gasteiger partial charge in [-0.25, -0.2) is 0 Å². The lowest BCUT2D eigenvalue weighted by Crippen LogP contribution is -2.29. The van der Waals surface area contributed by atoms with Gasteiger partial charge in [0, 0.05) is 23.5 Å². The van der Waals surface area contributed by atoms with Crippen LogP contribution in [0.5, 0.6) is 11.5 Å². The number of benzene rings is 2. The Bertz CT molecular complexity index is 1240. The highest BCUT2D eigenvalue weighted by atomic mass is 16.5. The Morgan fingerprint density at radius 3 is 2.58 bits per heavy atom. The van der Waals surface area contributed by atoms with Gasteiger partial charge in [-0.05, 0) is 61.9 Å². The van der Waals surface area contributed by atoms with Gasteiger partial charge in [0.2, 0.25) is 0 Å². The molecule has 0 bridgehead atoms. The minimum Gasteiger partial charge on any atom is -0.507 e. The molecule has 0 radical (unpaired) electrons. The highest BCUT2D eigenvalue weighted by Gasteiger charge is 2.47. The number of hydrogen-bond acceptors (Lipinski definition) is 6. The number of ketones is 1. The van der Waals surface area contributed by atoms with Gasteiger partial charge in [-0.15, -0.1) is 0 Å². The van der Waals surface area contributed by atoms with E-state index in [1.807, 2.05) is 13.8 Å². The van der Waals surface area contributed by atoms with Crippen LogP contribution in [0.15, 0.2) is 72.4 Å². The summed E-state index contributed by atoms with van der Waals surface area (Å²) in [5.41, 5.74) is 2.11. The zero-order valence-electron chi connectivity index (χ0n) is 18.6. The molecule has 7 nitrogen and oxygen atoms in total. The SMILES string of the molecule is CCOc1cccc(N2C(=O)C(=O)/C(=C(/O)c3ccc(OC)c(C)c3)C2c2ccccn2)c1. The van der Waals surface area contributed by atoms with E-state index >= 15 is 0 Å². The fourth-order valence-electron chi connectivity index (χ4n) is 3.99. The Labute approximate surface area is 191 Å². The largest absolute Gasteiger partial charge is 0.507 e. The Hall–Kier alpha value is -4.13. The number of aliphatic hydroxyl groups is 1. The van der Waals surface area contributed by atoms with Gasteiger partial charge in [0.15, 0.2) is 0 Å². The van der Waals surface area contributed by atoms with Crippen molar-refractivity contribution in [2.75, 3.05) is 18.6 Å². The fraction of sp³-hybridized carbons (Fsp3) is 0.192. The zero-order chi connectivity index (χ0) is 23.5. The zero-order valence-corrected chi connectivity index (χ0v) is 18.6. The van der Waals surface area contributed by atoms with Gasteiger partial charge in [-0.1, -0.05) is 12.1 Å². The minimum atomic E-state index is -0.898. The summed E-state index contributed by atoms with van der Waals surface area (Å²) in [4.78, 5) is 32.2. The summed E-state index contributed by atoms with van der Waals surface area (Å²) in [5.74, 6) is -0.564. The number of pyridine rings is 1. The highest BCUT2D eigenvalue weighted by molar-refractivity contribution is 6.51. The molecule has 33 heavy (non-hydrogen) atoms. The van der Waals surface area contributed by atoms with E-state index in [2.05, 4.69) is 4.98 Å². The van der Waals surface area contributed by atoms with Gasteiger partial charge in [0.25, 0.3) is 11.7 Å². The number of aromatic nitrogens is 1. The summed E-state index contributed by atoms with van der Waals surface area (Å²) in [5, 5.41) is 11.2. The third-order valence-corrected chi connectivity index (χ3v) is 5.49. The Kier molecular flexibility index (Phi) is 6.13. The number of aryl methyl sites for hydroxylation is 1. The first-order chi connectivity index (χ1) is 16.0. The molecule has 1 saturated heterocycles. The average molecular weight is 444 g/mol. The molecule has 7 heteroatoms. The van der Waals surface area contributed by atoms with E-state index in [9.17, 15) is 14.7 Å². The van der Waals surface area contributed by atoms with Crippen LogP contribution in [0, 0.1) is 6.92 Å². The van der Waals surface area contributed by atoms with Crippen molar-refractivity contribution in [2.45, 2.75) is 19.9 Å². The molecular formula is C26H24N2O5. The lowest BCUT2D eigenvalue weighted by atomic mass is 9.97. The van der Waals surface area contributed by atoms with Gasteiger partial charge in [-0.2, -0.15) is 0 Å². The standard InChI is InChI=1S/C26H24N2O5/c1-4-33-19-9-7-8-18(15-19)28-23(20-10-5-6-13-27-20)22(25(30)26(28)31)24(29)17-11-12-21(32-3)16(2)14-17/h5-15,23,29H,4H2,1-3H3/b24-22+. The molecule has 1 aliphatic rings. The topological polar surface area (TPSA) is 89.0 Å². The number of nitrogens with zero attached hydrogens (tertiary/aromatic N) is 2. The van der Waals surface area contributed by atoms with Gasteiger partial charge in [0.1, 0.15) is 23.3 Å². The summed E-state index contributed by atoms with van der Waals surface area (Å²) in [6.07, 6.45) is 1.59. The molecule has 1 N–H and O–H groups in total. The van der Waals surface area contributed by atoms with Gasteiger partial charge in [-0.3, -0.25) is 19.5 Å².